The summed E-state index contributed by atoms with van der Waals surface area (Å²) >= 11 is 1.34. The smallest absolute Gasteiger partial charge is 0.276 e. The van der Waals surface area contributed by atoms with E-state index in [1.807, 2.05) is 30.3 Å². The minimum Gasteiger partial charge on any atom is -0.473 e. The molecule has 110 valence electrons. The summed E-state index contributed by atoms with van der Waals surface area (Å²) in [5.74, 6) is 0.00468. The van der Waals surface area contributed by atoms with Crippen molar-refractivity contribution in [1.82, 2.24) is 15.0 Å². The van der Waals surface area contributed by atoms with Crippen LogP contribution in [0.3, 0.4) is 0 Å². The van der Waals surface area contributed by atoms with E-state index < -0.39 is 0 Å². The van der Waals surface area contributed by atoms with E-state index in [2.05, 4.69) is 20.3 Å². The van der Waals surface area contributed by atoms with Crippen LogP contribution >= 0.6 is 11.3 Å². The van der Waals surface area contributed by atoms with Gasteiger partial charge < -0.3 is 4.74 Å². The van der Waals surface area contributed by atoms with Crippen molar-refractivity contribution in [3.63, 3.8) is 0 Å². The zero-order chi connectivity index (χ0) is 15.2. The van der Waals surface area contributed by atoms with Crippen LogP contribution in [0, 0.1) is 0 Å². The van der Waals surface area contributed by atoms with Crippen LogP contribution in [0.25, 0.3) is 0 Å². The molecule has 6 nitrogen and oxygen atoms in total. The van der Waals surface area contributed by atoms with Gasteiger partial charge in [0.15, 0.2) is 5.13 Å². The molecule has 1 aromatic carbocycles. The van der Waals surface area contributed by atoms with Gasteiger partial charge in [-0.1, -0.05) is 30.3 Å². The number of carbonyl (C=O) groups excluding carboxylic acids is 1. The minimum atomic E-state index is -0.345. The lowest BCUT2D eigenvalue weighted by Crippen LogP contribution is -2.14. The molecule has 0 saturated heterocycles. The summed E-state index contributed by atoms with van der Waals surface area (Å²) in [5, 5.41) is 4.97. The van der Waals surface area contributed by atoms with E-state index in [-0.39, 0.29) is 11.6 Å². The van der Waals surface area contributed by atoms with Gasteiger partial charge in [-0.25, -0.2) is 15.0 Å². The summed E-state index contributed by atoms with van der Waals surface area (Å²) in [4.78, 5) is 24.0. The second-order valence-corrected chi connectivity index (χ2v) is 5.20. The van der Waals surface area contributed by atoms with Crippen LogP contribution in [0.5, 0.6) is 5.88 Å². The standard InChI is InChI=1S/C15H12N4O2S/c20-14(19-15-16-6-7-22-15)12-8-13(18-10-17-12)21-9-11-4-2-1-3-5-11/h1-8,10H,9H2,(H,16,19,20). The number of amides is 1. The number of hydrogen-bond donors (Lipinski definition) is 1. The third-order valence-corrected chi connectivity index (χ3v) is 3.45. The molecule has 0 radical (unpaired) electrons. The highest BCUT2D eigenvalue weighted by molar-refractivity contribution is 7.13. The Morgan fingerprint density at radius 2 is 2.05 bits per heavy atom. The predicted molar refractivity (Wildman–Crippen MR) is 82.9 cm³/mol. The SMILES string of the molecule is O=C(Nc1nccs1)c1cc(OCc2ccccc2)ncn1. The number of thiazole rings is 1. The van der Waals surface area contributed by atoms with E-state index in [0.29, 0.717) is 17.6 Å². The molecule has 1 N–H and O–H groups in total. The van der Waals surface area contributed by atoms with Crippen LogP contribution in [-0.2, 0) is 6.61 Å². The van der Waals surface area contributed by atoms with Gasteiger partial charge in [0.1, 0.15) is 18.6 Å². The van der Waals surface area contributed by atoms with Crippen molar-refractivity contribution in [2.45, 2.75) is 6.61 Å². The fourth-order valence-electron chi connectivity index (χ4n) is 1.72. The summed E-state index contributed by atoms with van der Waals surface area (Å²) in [6, 6.07) is 11.2. The van der Waals surface area contributed by atoms with E-state index in [1.54, 1.807) is 11.6 Å². The van der Waals surface area contributed by atoms with Crippen LogP contribution in [0.1, 0.15) is 16.1 Å². The van der Waals surface area contributed by atoms with Crippen molar-refractivity contribution in [2.75, 3.05) is 5.32 Å². The number of benzene rings is 1. The van der Waals surface area contributed by atoms with E-state index in [9.17, 15) is 4.79 Å². The second kappa shape index (κ2) is 6.77. The van der Waals surface area contributed by atoms with Crippen molar-refractivity contribution < 1.29 is 9.53 Å². The van der Waals surface area contributed by atoms with Crippen molar-refractivity contribution in [3.8, 4) is 5.88 Å². The first-order chi connectivity index (χ1) is 10.8. The number of carbonyl (C=O) groups is 1. The monoisotopic (exact) mass is 312 g/mol. The van der Waals surface area contributed by atoms with Gasteiger partial charge in [0.25, 0.3) is 5.91 Å². The molecule has 2 heterocycles. The Hall–Kier alpha value is -2.80. The Balaban J connectivity index is 1.65. The third-order valence-electron chi connectivity index (χ3n) is 2.76. The van der Waals surface area contributed by atoms with Crippen LogP contribution in [-0.4, -0.2) is 20.9 Å². The fourth-order valence-corrected chi connectivity index (χ4v) is 2.24. The van der Waals surface area contributed by atoms with Crippen LogP contribution < -0.4 is 10.1 Å². The number of hydrogen-bond acceptors (Lipinski definition) is 6. The highest BCUT2D eigenvalue weighted by Crippen LogP contribution is 2.14. The van der Waals surface area contributed by atoms with Gasteiger partial charge in [0, 0.05) is 17.6 Å². The number of rotatable bonds is 5. The lowest BCUT2D eigenvalue weighted by atomic mass is 10.2. The number of ether oxygens (including phenoxy) is 1. The summed E-state index contributed by atoms with van der Waals surface area (Å²) < 4.78 is 5.57. The highest BCUT2D eigenvalue weighted by atomic mass is 32.1. The molecule has 1 amide bonds. The molecule has 0 saturated carbocycles. The highest BCUT2D eigenvalue weighted by Gasteiger charge is 2.11. The Bertz CT molecular complexity index is 747. The fraction of sp³-hybridized carbons (Fsp3) is 0.0667. The maximum Gasteiger partial charge on any atom is 0.276 e. The molecule has 7 heteroatoms. The Morgan fingerprint density at radius 3 is 2.82 bits per heavy atom. The molecule has 22 heavy (non-hydrogen) atoms. The molecular formula is C15H12N4O2S. The lowest BCUT2D eigenvalue weighted by molar-refractivity contribution is 0.102. The number of nitrogens with one attached hydrogen (secondary N) is 1. The first-order valence-corrected chi connectivity index (χ1v) is 7.39. The van der Waals surface area contributed by atoms with Gasteiger partial charge in [0.2, 0.25) is 5.88 Å². The Morgan fingerprint density at radius 1 is 1.18 bits per heavy atom. The minimum absolute atomic E-state index is 0.230. The molecule has 3 rings (SSSR count). The molecule has 0 unspecified atom stereocenters. The molecule has 3 aromatic rings. The van der Waals surface area contributed by atoms with E-state index in [0.717, 1.165) is 5.56 Å². The summed E-state index contributed by atoms with van der Waals surface area (Å²) in [5.41, 5.74) is 1.25. The van der Waals surface area contributed by atoms with E-state index in [1.165, 1.54) is 23.7 Å². The molecular weight excluding hydrogens is 300 g/mol. The molecule has 0 fully saturated rings. The first kappa shape index (κ1) is 14.2. The zero-order valence-corrected chi connectivity index (χ0v) is 12.3. The van der Waals surface area contributed by atoms with Crippen LogP contribution in [0.2, 0.25) is 0 Å². The molecule has 2 aromatic heterocycles. The van der Waals surface area contributed by atoms with Crippen molar-refractivity contribution in [2.24, 2.45) is 0 Å². The molecule has 0 spiro atoms. The van der Waals surface area contributed by atoms with Crippen LogP contribution in [0.4, 0.5) is 5.13 Å². The average molecular weight is 312 g/mol. The van der Waals surface area contributed by atoms with Gasteiger partial charge in [-0.3, -0.25) is 10.1 Å². The van der Waals surface area contributed by atoms with Gasteiger partial charge in [-0.05, 0) is 5.56 Å². The topological polar surface area (TPSA) is 77.0 Å². The average Bonchev–Trinajstić information content (AvgIpc) is 3.07. The molecule has 0 atom stereocenters. The van der Waals surface area contributed by atoms with Crippen molar-refractivity contribution in [1.29, 1.82) is 0 Å². The summed E-state index contributed by atoms with van der Waals surface area (Å²) in [6.07, 6.45) is 2.92. The number of anilines is 1. The van der Waals surface area contributed by atoms with Gasteiger partial charge in [-0.2, -0.15) is 0 Å². The molecule has 0 aliphatic heterocycles. The first-order valence-electron chi connectivity index (χ1n) is 6.51. The normalized spacial score (nSPS) is 10.2. The number of aromatic nitrogens is 3. The van der Waals surface area contributed by atoms with Crippen molar-refractivity contribution >= 4 is 22.4 Å². The van der Waals surface area contributed by atoms with E-state index >= 15 is 0 Å². The third kappa shape index (κ3) is 3.64. The predicted octanol–water partition coefficient (Wildman–Crippen LogP) is 2.76. The van der Waals surface area contributed by atoms with Crippen LogP contribution in [0.15, 0.2) is 54.3 Å². The largest absolute Gasteiger partial charge is 0.473 e. The Labute approximate surface area is 130 Å². The quantitative estimate of drug-likeness (QED) is 0.784. The lowest BCUT2D eigenvalue weighted by Gasteiger charge is -2.06. The van der Waals surface area contributed by atoms with E-state index in [4.69, 9.17) is 4.74 Å². The summed E-state index contributed by atoms with van der Waals surface area (Å²) in [6.45, 7) is 0.380. The van der Waals surface area contributed by atoms with Crippen molar-refractivity contribution in [3.05, 3.63) is 65.6 Å². The van der Waals surface area contributed by atoms with Gasteiger partial charge >= 0.3 is 0 Å². The molecule has 0 aliphatic carbocycles. The summed E-state index contributed by atoms with van der Waals surface area (Å²) in [7, 11) is 0. The molecule has 0 bridgehead atoms. The number of nitrogens with zero attached hydrogens (tertiary/aromatic N) is 3. The maximum absolute atomic E-state index is 12.0. The molecule has 0 aliphatic rings. The maximum atomic E-state index is 12.0. The van der Waals surface area contributed by atoms with Gasteiger partial charge in [-0.15, -0.1) is 11.3 Å². The zero-order valence-electron chi connectivity index (χ0n) is 11.5. The second-order valence-electron chi connectivity index (χ2n) is 4.31. The Kier molecular flexibility index (Phi) is 4.35. The van der Waals surface area contributed by atoms with Gasteiger partial charge in [0.05, 0.1) is 0 Å².